The quantitative estimate of drug-likeness (QED) is 0.728. The van der Waals surface area contributed by atoms with E-state index in [9.17, 15) is 4.79 Å². The molecule has 4 heteroatoms. The van der Waals surface area contributed by atoms with Crippen molar-refractivity contribution in [1.29, 1.82) is 0 Å². The molecule has 1 aromatic carbocycles. The second-order valence-corrected chi connectivity index (χ2v) is 4.37. The van der Waals surface area contributed by atoms with Crippen LogP contribution in [0.15, 0.2) is 36.5 Å². The van der Waals surface area contributed by atoms with Gasteiger partial charge in [-0.3, -0.25) is 9.78 Å². The van der Waals surface area contributed by atoms with Gasteiger partial charge in [0.05, 0.1) is 5.52 Å². The Kier molecular flexibility index (Phi) is 5.21. The van der Waals surface area contributed by atoms with Gasteiger partial charge in [-0.25, -0.2) is 0 Å². The fourth-order valence-corrected chi connectivity index (χ4v) is 2.12. The fraction of sp³-hybridized carbons (Fsp3) is 0.375. The number of rotatable bonds is 7. The van der Waals surface area contributed by atoms with Crippen molar-refractivity contribution in [3.63, 3.8) is 0 Å². The average molecular weight is 273 g/mol. The van der Waals surface area contributed by atoms with Crippen molar-refractivity contribution in [2.24, 2.45) is 0 Å². The largest absolute Gasteiger partial charge is 0.346 e. The molecule has 20 heavy (non-hydrogen) atoms. The second kappa shape index (κ2) is 7.12. The monoisotopic (exact) mass is 273 g/mol. The Bertz CT molecular complexity index is 571. The molecule has 106 valence electrons. The summed E-state index contributed by atoms with van der Waals surface area (Å²) < 4.78 is 10.7. The zero-order valence-corrected chi connectivity index (χ0v) is 11.8. The molecule has 4 nitrogen and oxygen atoms in total. The van der Waals surface area contributed by atoms with Crippen molar-refractivity contribution in [2.45, 2.75) is 26.6 Å². The van der Waals surface area contributed by atoms with E-state index < -0.39 is 6.29 Å². The van der Waals surface area contributed by atoms with Crippen LogP contribution in [0.5, 0.6) is 0 Å². The zero-order valence-electron chi connectivity index (χ0n) is 11.8. The predicted octanol–water partition coefficient (Wildman–Crippen LogP) is 2.75. The molecular weight excluding hydrogens is 254 g/mol. The van der Waals surface area contributed by atoms with Gasteiger partial charge in [0.1, 0.15) is 0 Å². The van der Waals surface area contributed by atoms with Crippen LogP contribution < -0.4 is 0 Å². The van der Waals surface area contributed by atoms with Crippen LogP contribution in [0.2, 0.25) is 0 Å². The molecule has 0 radical (unpaired) electrons. The van der Waals surface area contributed by atoms with Gasteiger partial charge in [-0.05, 0) is 31.5 Å². The normalized spacial score (nSPS) is 11.2. The maximum Gasteiger partial charge on any atom is 0.218 e. The summed E-state index contributed by atoms with van der Waals surface area (Å²) in [6.45, 7) is 4.60. The molecule has 0 fully saturated rings. The topological polar surface area (TPSA) is 48.4 Å². The summed E-state index contributed by atoms with van der Waals surface area (Å²) >= 11 is 0. The van der Waals surface area contributed by atoms with E-state index in [0.717, 1.165) is 16.5 Å². The van der Waals surface area contributed by atoms with Crippen LogP contribution >= 0.6 is 0 Å². The van der Waals surface area contributed by atoms with Gasteiger partial charge in [-0.1, -0.05) is 18.2 Å². The molecule has 0 aliphatic carbocycles. The molecule has 0 spiro atoms. The fourth-order valence-electron chi connectivity index (χ4n) is 2.12. The highest BCUT2D eigenvalue weighted by molar-refractivity contribution is 5.90. The summed E-state index contributed by atoms with van der Waals surface area (Å²) in [6.07, 6.45) is 1.23. The third kappa shape index (κ3) is 3.40. The van der Waals surface area contributed by atoms with Crippen molar-refractivity contribution < 1.29 is 14.3 Å². The smallest absolute Gasteiger partial charge is 0.218 e. The van der Waals surface area contributed by atoms with Gasteiger partial charge in [0.2, 0.25) is 6.29 Å². The van der Waals surface area contributed by atoms with E-state index in [1.165, 1.54) is 0 Å². The van der Waals surface area contributed by atoms with Crippen LogP contribution in [-0.4, -0.2) is 30.3 Å². The molecule has 2 aromatic rings. The van der Waals surface area contributed by atoms with Crippen LogP contribution in [0.25, 0.3) is 10.9 Å². The number of nitrogens with zero attached hydrogens (tertiary/aromatic N) is 1. The highest BCUT2D eigenvalue weighted by Crippen LogP contribution is 2.17. The minimum atomic E-state index is -0.781. The molecular formula is C16H19NO3. The van der Waals surface area contributed by atoms with Crippen molar-refractivity contribution >= 4 is 16.7 Å². The first-order chi connectivity index (χ1) is 9.76. The Hall–Kier alpha value is -1.78. The summed E-state index contributed by atoms with van der Waals surface area (Å²) in [6, 6.07) is 9.66. The summed E-state index contributed by atoms with van der Waals surface area (Å²) in [5.74, 6) is -0.0648. The number of aromatic nitrogens is 1. The van der Waals surface area contributed by atoms with Crippen molar-refractivity contribution in [2.75, 3.05) is 13.2 Å². The van der Waals surface area contributed by atoms with Crippen molar-refractivity contribution in [1.82, 2.24) is 4.98 Å². The van der Waals surface area contributed by atoms with Crippen LogP contribution in [0, 0.1) is 0 Å². The number of para-hydroxylation sites is 1. The van der Waals surface area contributed by atoms with E-state index in [1.807, 2.05) is 44.2 Å². The zero-order chi connectivity index (χ0) is 14.4. The summed E-state index contributed by atoms with van der Waals surface area (Å²) in [5, 5.41) is 0.995. The number of ketones is 1. The van der Waals surface area contributed by atoms with E-state index in [-0.39, 0.29) is 12.2 Å². The number of carbonyl (C=O) groups excluding carboxylic acids is 1. The first kappa shape index (κ1) is 14.6. The molecule has 0 aliphatic rings. The summed E-state index contributed by atoms with van der Waals surface area (Å²) in [4.78, 5) is 16.6. The molecule has 2 rings (SSSR count). The lowest BCUT2D eigenvalue weighted by Gasteiger charge is -2.16. The lowest BCUT2D eigenvalue weighted by Crippen LogP contribution is -2.29. The van der Waals surface area contributed by atoms with Gasteiger partial charge >= 0.3 is 0 Å². The van der Waals surface area contributed by atoms with Crippen LogP contribution in [0.1, 0.15) is 19.4 Å². The molecule has 1 heterocycles. The predicted molar refractivity (Wildman–Crippen MR) is 77.5 cm³/mol. The molecule has 0 saturated carbocycles. The van der Waals surface area contributed by atoms with Crippen LogP contribution in [-0.2, 0) is 20.7 Å². The SMILES string of the molecule is CCOC(OCC)C(=O)Cc1ccnc2ccccc12. The van der Waals surface area contributed by atoms with Crippen molar-refractivity contribution in [3.05, 3.63) is 42.1 Å². The van der Waals surface area contributed by atoms with Crippen LogP contribution in [0.4, 0.5) is 0 Å². The Balaban J connectivity index is 2.20. The number of hydrogen-bond donors (Lipinski definition) is 0. The molecule has 0 N–H and O–H groups in total. The maximum atomic E-state index is 12.3. The number of carbonyl (C=O) groups is 1. The number of pyridine rings is 1. The van der Waals surface area contributed by atoms with E-state index in [0.29, 0.717) is 13.2 Å². The lowest BCUT2D eigenvalue weighted by molar-refractivity contribution is -0.167. The van der Waals surface area contributed by atoms with E-state index in [1.54, 1.807) is 6.20 Å². The number of benzene rings is 1. The molecule has 1 aromatic heterocycles. The summed E-state index contributed by atoms with van der Waals surface area (Å²) in [5.41, 5.74) is 1.84. The minimum Gasteiger partial charge on any atom is -0.346 e. The Morgan fingerprint density at radius 2 is 1.85 bits per heavy atom. The lowest BCUT2D eigenvalue weighted by atomic mass is 10.0. The average Bonchev–Trinajstić information content (AvgIpc) is 2.47. The van der Waals surface area contributed by atoms with E-state index in [2.05, 4.69) is 4.98 Å². The molecule has 0 aliphatic heterocycles. The van der Waals surface area contributed by atoms with Gasteiger partial charge in [-0.15, -0.1) is 0 Å². The minimum absolute atomic E-state index is 0.0648. The maximum absolute atomic E-state index is 12.3. The Morgan fingerprint density at radius 1 is 1.15 bits per heavy atom. The molecule has 0 amide bonds. The molecule has 0 saturated heterocycles. The first-order valence-electron chi connectivity index (χ1n) is 6.84. The van der Waals surface area contributed by atoms with E-state index in [4.69, 9.17) is 9.47 Å². The van der Waals surface area contributed by atoms with Gasteiger partial charge in [0.15, 0.2) is 5.78 Å². The standard InChI is InChI=1S/C16H19NO3/c1-3-19-16(20-4-2)15(18)11-12-9-10-17-14-8-6-5-7-13(12)14/h5-10,16H,3-4,11H2,1-2H3. The molecule has 0 unspecified atom stereocenters. The first-order valence-corrected chi connectivity index (χ1v) is 6.84. The third-order valence-corrected chi connectivity index (χ3v) is 3.00. The van der Waals surface area contributed by atoms with Gasteiger partial charge < -0.3 is 9.47 Å². The number of ether oxygens (including phenoxy) is 2. The summed E-state index contributed by atoms with van der Waals surface area (Å²) in [7, 11) is 0. The van der Waals surface area contributed by atoms with Gasteiger partial charge in [0, 0.05) is 31.2 Å². The second-order valence-electron chi connectivity index (χ2n) is 4.37. The molecule has 0 bridgehead atoms. The highest BCUT2D eigenvalue weighted by Gasteiger charge is 2.19. The van der Waals surface area contributed by atoms with Gasteiger partial charge in [-0.2, -0.15) is 0 Å². The van der Waals surface area contributed by atoms with Crippen molar-refractivity contribution in [3.8, 4) is 0 Å². The molecule has 0 atom stereocenters. The highest BCUT2D eigenvalue weighted by atomic mass is 16.7. The van der Waals surface area contributed by atoms with E-state index >= 15 is 0 Å². The van der Waals surface area contributed by atoms with Crippen LogP contribution in [0.3, 0.4) is 0 Å². The Morgan fingerprint density at radius 3 is 2.55 bits per heavy atom. The Labute approximate surface area is 118 Å². The number of Topliss-reactive ketones (excluding diaryl/α,β-unsaturated/α-hetero) is 1. The third-order valence-electron chi connectivity index (χ3n) is 3.00. The number of hydrogen-bond acceptors (Lipinski definition) is 4. The number of fused-ring (bicyclic) bond motifs is 1. The van der Waals surface area contributed by atoms with Gasteiger partial charge in [0.25, 0.3) is 0 Å².